The van der Waals surface area contributed by atoms with Crippen molar-refractivity contribution in [1.29, 1.82) is 0 Å². The first-order valence-corrected chi connectivity index (χ1v) is 9.65. The number of ether oxygens (including phenoxy) is 1. The van der Waals surface area contributed by atoms with Crippen molar-refractivity contribution in [3.8, 4) is 0 Å². The van der Waals surface area contributed by atoms with Crippen LogP contribution in [-0.2, 0) is 11.2 Å². The summed E-state index contributed by atoms with van der Waals surface area (Å²) >= 11 is 3.98. The van der Waals surface area contributed by atoms with Crippen molar-refractivity contribution in [1.82, 2.24) is 5.32 Å². The van der Waals surface area contributed by atoms with Gasteiger partial charge in [0.05, 0.1) is 5.60 Å². The third-order valence-corrected chi connectivity index (χ3v) is 6.63. The molecule has 2 nitrogen and oxygen atoms in total. The first kappa shape index (κ1) is 14.9. The van der Waals surface area contributed by atoms with Gasteiger partial charge in [-0.15, -0.1) is 11.3 Å². The van der Waals surface area contributed by atoms with Crippen molar-refractivity contribution in [2.45, 2.75) is 57.2 Å². The van der Waals surface area contributed by atoms with Crippen LogP contribution in [0.25, 0.3) is 0 Å². The molecule has 3 unspecified atom stereocenters. The summed E-state index contributed by atoms with van der Waals surface area (Å²) in [6, 6.07) is 5.70. The van der Waals surface area contributed by atoms with Gasteiger partial charge in [-0.1, -0.05) is 0 Å². The number of thioether (sulfide) groups is 1. The maximum absolute atomic E-state index is 6.10. The number of aryl methyl sites for hydroxylation is 1. The smallest absolute Gasteiger partial charge is 0.0795 e. The molecule has 0 aromatic carbocycles. The van der Waals surface area contributed by atoms with E-state index in [1.54, 1.807) is 0 Å². The maximum Gasteiger partial charge on any atom is 0.0795 e. The average molecular weight is 312 g/mol. The van der Waals surface area contributed by atoms with Crippen molar-refractivity contribution < 1.29 is 4.74 Å². The largest absolute Gasteiger partial charge is 0.374 e. The molecule has 2 aliphatic heterocycles. The molecule has 1 spiro atoms. The molecule has 1 aromatic heterocycles. The molecule has 0 saturated carbocycles. The summed E-state index contributed by atoms with van der Waals surface area (Å²) in [6.07, 6.45) is 4.76. The van der Waals surface area contributed by atoms with Crippen molar-refractivity contribution in [3.05, 3.63) is 21.9 Å². The van der Waals surface area contributed by atoms with E-state index < -0.39 is 0 Å². The molecule has 112 valence electrons. The number of nitrogens with one attached hydrogen (secondary N) is 1. The van der Waals surface area contributed by atoms with Crippen LogP contribution in [0, 0.1) is 6.92 Å². The van der Waals surface area contributed by atoms with Gasteiger partial charge in [-0.2, -0.15) is 11.8 Å². The predicted octanol–water partition coefficient (Wildman–Crippen LogP) is 3.63. The predicted molar refractivity (Wildman–Crippen MR) is 89.0 cm³/mol. The van der Waals surface area contributed by atoms with Crippen LogP contribution in [0.3, 0.4) is 0 Å². The van der Waals surface area contributed by atoms with E-state index in [2.05, 4.69) is 43.1 Å². The SMILES string of the molecule is Cc1ccc(CC(C)NC2CCOC3(CCSC3)C2)s1. The second-order valence-corrected chi connectivity index (χ2v) is 8.79. The van der Waals surface area contributed by atoms with Crippen LogP contribution in [0.15, 0.2) is 12.1 Å². The molecule has 0 radical (unpaired) electrons. The van der Waals surface area contributed by atoms with Crippen LogP contribution in [0.2, 0.25) is 0 Å². The van der Waals surface area contributed by atoms with Crippen LogP contribution < -0.4 is 5.32 Å². The lowest BCUT2D eigenvalue weighted by atomic mass is 9.89. The van der Waals surface area contributed by atoms with E-state index in [0.29, 0.717) is 12.1 Å². The first-order valence-electron chi connectivity index (χ1n) is 7.68. The van der Waals surface area contributed by atoms with Crippen molar-refractivity contribution in [2.24, 2.45) is 0 Å². The standard InChI is InChI=1S/C16H25NOS2/c1-12(9-15-4-3-13(2)20-15)17-14-5-7-18-16(10-14)6-8-19-11-16/h3-4,12,14,17H,5-11H2,1-2H3. The van der Waals surface area contributed by atoms with E-state index >= 15 is 0 Å². The topological polar surface area (TPSA) is 21.3 Å². The number of hydrogen-bond donors (Lipinski definition) is 1. The fourth-order valence-electron chi connectivity index (χ4n) is 3.39. The van der Waals surface area contributed by atoms with Gasteiger partial charge in [0.25, 0.3) is 0 Å². The van der Waals surface area contributed by atoms with Crippen LogP contribution in [0.5, 0.6) is 0 Å². The second-order valence-electron chi connectivity index (χ2n) is 6.31. The summed E-state index contributed by atoms with van der Waals surface area (Å²) in [5, 5.41) is 3.85. The molecule has 0 amide bonds. The molecule has 4 heteroatoms. The molecular formula is C16H25NOS2. The molecule has 1 aromatic rings. The van der Waals surface area contributed by atoms with Crippen molar-refractivity contribution in [3.63, 3.8) is 0 Å². The van der Waals surface area contributed by atoms with Gasteiger partial charge in [-0.05, 0) is 57.4 Å². The molecule has 3 atom stereocenters. The summed E-state index contributed by atoms with van der Waals surface area (Å²) in [7, 11) is 0. The van der Waals surface area contributed by atoms with E-state index in [-0.39, 0.29) is 5.60 Å². The Labute approximate surface area is 130 Å². The third kappa shape index (κ3) is 3.59. The Hall–Kier alpha value is -0.0300. The number of rotatable bonds is 4. The molecule has 20 heavy (non-hydrogen) atoms. The molecular weight excluding hydrogens is 286 g/mol. The Bertz CT molecular complexity index is 439. The highest BCUT2D eigenvalue weighted by atomic mass is 32.2. The van der Waals surface area contributed by atoms with E-state index in [0.717, 1.165) is 13.0 Å². The summed E-state index contributed by atoms with van der Waals surface area (Å²) in [5.74, 6) is 2.47. The monoisotopic (exact) mass is 311 g/mol. The normalized spacial score (nSPS) is 31.8. The van der Waals surface area contributed by atoms with E-state index in [9.17, 15) is 0 Å². The van der Waals surface area contributed by atoms with Gasteiger partial charge in [0, 0.05) is 34.2 Å². The molecule has 2 aliphatic rings. The minimum absolute atomic E-state index is 0.194. The minimum atomic E-state index is 0.194. The Morgan fingerprint density at radius 3 is 3.10 bits per heavy atom. The molecule has 0 aliphatic carbocycles. The number of hydrogen-bond acceptors (Lipinski definition) is 4. The lowest BCUT2D eigenvalue weighted by Gasteiger charge is -2.39. The maximum atomic E-state index is 6.10. The summed E-state index contributed by atoms with van der Waals surface area (Å²) in [5.41, 5.74) is 0.194. The first-order chi connectivity index (χ1) is 9.65. The highest BCUT2D eigenvalue weighted by Gasteiger charge is 2.40. The molecule has 0 bridgehead atoms. The van der Waals surface area contributed by atoms with Crippen LogP contribution >= 0.6 is 23.1 Å². The second kappa shape index (κ2) is 6.39. The molecule has 2 saturated heterocycles. The number of thiophene rings is 1. The van der Waals surface area contributed by atoms with Crippen molar-refractivity contribution in [2.75, 3.05) is 18.1 Å². The molecule has 1 N–H and O–H groups in total. The van der Waals surface area contributed by atoms with Gasteiger partial charge in [-0.25, -0.2) is 0 Å². The van der Waals surface area contributed by atoms with Gasteiger partial charge >= 0.3 is 0 Å². The quantitative estimate of drug-likeness (QED) is 0.917. The van der Waals surface area contributed by atoms with Gasteiger partial charge in [0.15, 0.2) is 0 Å². The van der Waals surface area contributed by atoms with E-state index in [1.165, 1.54) is 40.5 Å². The average Bonchev–Trinajstić information content (AvgIpc) is 2.99. The highest BCUT2D eigenvalue weighted by molar-refractivity contribution is 7.99. The fraction of sp³-hybridized carbons (Fsp3) is 0.750. The van der Waals surface area contributed by atoms with Gasteiger partial charge < -0.3 is 10.1 Å². The zero-order chi connectivity index (χ0) is 14.0. The van der Waals surface area contributed by atoms with Gasteiger partial charge in [0.1, 0.15) is 0 Å². The lowest BCUT2D eigenvalue weighted by molar-refractivity contribution is -0.0711. The zero-order valence-corrected chi connectivity index (χ0v) is 14.1. The fourth-order valence-corrected chi connectivity index (χ4v) is 5.79. The lowest BCUT2D eigenvalue weighted by Crippen LogP contribution is -2.49. The van der Waals surface area contributed by atoms with E-state index in [4.69, 9.17) is 4.74 Å². The molecule has 3 rings (SSSR count). The molecule has 3 heterocycles. The summed E-state index contributed by atoms with van der Waals surface area (Å²) in [6.45, 7) is 5.44. The summed E-state index contributed by atoms with van der Waals surface area (Å²) in [4.78, 5) is 2.92. The van der Waals surface area contributed by atoms with E-state index in [1.807, 2.05) is 11.3 Å². The molecule has 2 fully saturated rings. The Balaban J connectivity index is 1.51. The third-order valence-electron chi connectivity index (χ3n) is 4.38. The minimum Gasteiger partial charge on any atom is -0.374 e. The highest BCUT2D eigenvalue weighted by Crippen LogP contribution is 2.38. The van der Waals surface area contributed by atoms with Crippen LogP contribution in [0.1, 0.15) is 35.9 Å². The van der Waals surface area contributed by atoms with Crippen LogP contribution in [0.4, 0.5) is 0 Å². The van der Waals surface area contributed by atoms with Crippen molar-refractivity contribution >= 4 is 23.1 Å². The Morgan fingerprint density at radius 1 is 1.50 bits per heavy atom. The zero-order valence-electron chi connectivity index (χ0n) is 12.5. The Kier molecular flexibility index (Phi) is 4.75. The van der Waals surface area contributed by atoms with Gasteiger partial charge in [-0.3, -0.25) is 0 Å². The summed E-state index contributed by atoms with van der Waals surface area (Å²) < 4.78 is 6.10. The van der Waals surface area contributed by atoms with Gasteiger partial charge in [0.2, 0.25) is 0 Å². The van der Waals surface area contributed by atoms with Crippen LogP contribution in [-0.4, -0.2) is 35.8 Å². The Morgan fingerprint density at radius 2 is 2.40 bits per heavy atom.